The maximum absolute atomic E-state index is 12.0. The Labute approximate surface area is 121 Å². The third kappa shape index (κ3) is 4.69. The SMILES string of the molecule is CC(=O)N(C(=O)OC(C)(C)C)c1cc(Cl)nc(Cl)c1. The number of imide groups is 1. The van der Waals surface area contributed by atoms with Crippen LogP contribution in [0.4, 0.5) is 10.5 Å². The topological polar surface area (TPSA) is 59.5 Å². The molecule has 1 aromatic heterocycles. The molecular formula is C12H14Cl2N2O3. The molecule has 0 atom stereocenters. The number of hydrogen-bond donors (Lipinski definition) is 0. The Morgan fingerprint density at radius 2 is 1.68 bits per heavy atom. The van der Waals surface area contributed by atoms with Crippen molar-refractivity contribution in [2.45, 2.75) is 33.3 Å². The molecule has 1 rings (SSSR count). The lowest BCUT2D eigenvalue weighted by Gasteiger charge is -2.25. The molecule has 0 unspecified atom stereocenters. The van der Waals surface area contributed by atoms with Gasteiger partial charge >= 0.3 is 6.09 Å². The van der Waals surface area contributed by atoms with Gasteiger partial charge in [0.05, 0.1) is 5.69 Å². The van der Waals surface area contributed by atoms with Crippen LogP contribution in [-0.2, 0) is 9.53 Å². The summed E-state index contributed by atoms with van der Waals surface area (Å²) < 4.78 is 5.15. The molecular weight excluding hydrogens is 291 g/mol. The van der Waals surface area contributed by atoms with Crippen molar-refractivity contribution in [2.75, 3.05) is 4.90 Å². The largest absolute Gasteiger partial charge is 0.443 e. The van der Waals surface area contributed by atoms with E-state index in [2.05, 4.69) is 4.98 Å². The molecule has 0 aromatic carbocycles. The second-order valence-electron chi connectivity index (χ2n) is 4.81. The van der Waals surface area contributed by atoms with Gasteiger partial charge < -0.3 is 4.74 Å². The van der Waals surface area contributed by atoms with Crippen LogP contribution in [0.5, 0.6) is 0 Å². The van der Waals surface area contributed by atoms with E-state index in [1.807, 2.05) is 0 Å². The van der Waals surface area contributed by atoms with Gasteiger partial charge in [0, 0.05) is 6.92 Å². The monoisotopic (exact) mass is 304 g/mol. The maximum atomic E-state index is 12.0. The highest BCUT2D eigenvalue weighted by Gasteiger charge is 2.27. The minimum Gasteiger partial charge on any atom is -0.443 e. The highest BCUT2D eigenvalue weighted by atomic mass is 35.5. The van der Waals surface area contributed by atoms with Crippen LogP contribution >= 0.6 is 23.2 Å². The van der Waals surface area contributed by atoms with Crippen molar-refractivity contribution in [1.29, 1.82) is 0 Å². The number of halogens is 2. The van der Waals surface area contributed by atoms with Crippen molar-refractivity contribution in [3.8, 4) is 0 Å². The number of amides is 2. The minimum atomic E-state index is -0.793. The molecule has 0 bridgehead atoms. The molecule has 0 N–H and O–H groups in total. The van der Waals surface area contributed by atoms with Crippen LogP contribution in [0.15, 0.2) is 12.1 Å². The second-order valence-corrected chi connectivity index (χ2v) is 5.58. The molecule has 0 radical (unpaired) electrons. The van der Waals surface area contributed by atoms with E-state index in [1.165, 1.54) is 19.1 Å². The fourth-order valence-corrected chi connectivity index (χ4v) is 1.75. The molecule has 0 spiro atoms. The van der Waals surface area contributed by atoms with E-state index in [1.54, 1.807) is 20.8 Å². The lowest BCUT2D eigenvalue weighted by molar-refractivity contribution is -0.116. The van der Waals surface area contributed by atoms with Gasteiger partial charge in [-0.1, -0.05) is 23.2 Å². The van der Waals surface area contributed by atoms with Crippen molar-refractivity contribution in [1.82, 2.24) is 4.98 Å². The molecule has 7 heteroatoms. The highest BCUT2D eigenvalue weighted by Crippen LogP contribution is 2.24. The van der Waals surface area contributed by atoms with E-state index in [0.29, 0.717) is 0 Å². The molecule has 2 amide bonds. The molecule has 0 aliphatic rings. The first-order valence-electron chi connectivity index (χ1n) is 5.47. The van der Waals surface area contributed by atoms with Crippen molar-refractivity contribution >= 4 is 40.9 Å². The Morgan fingerprint density at radius 1 is 1.21 bits per heavy atom. The number of nitrogens with zero attached hydrogens (tertiary/aromatic N) is 2. The summed E-state index contributed by atoms with van der Waals surface area (Å²) in [5, 5.41) is 0.162. The van der Waals surface area contributed by atoms with E-state index in [-0.39, 0.29) is 16.0 Å². The van der Waals surface area contributed by atoms with E-state index in [9.17, 15) is 9.59 Å². The number of carbonyl (C=O) groups excluding carboxylic acids is 2. The molecule has 1 aromatic rings. The first-order chi connectivity index (χ1) is 8.60. The van der Waals surface area contributed by atoms with Gasteiger partial charge in [-0.05, 0) is 32.9 Å². The zero-order chi connectivity index (χ0) is 14.8. The first-order valence-corrected chi connectivity index (χ1v) is 6.22. The van der Waals surface area contributed by atoms with E-state index < -0.39 is 17.6 Å². The predicted octanol–water partition coefficient (Wildman–Crippen LogP) is 3.68. The van der Waals surface area contributed by atoms with Crippen LogP contribution < -0.4 is 4.90 Å². The standard InChI is InChI=1S/C12H14Cl2N2O3/c1-7(17)16(11(18)19-12(2,3)4)8-5-9(13)15-10(14)6-8/h5-6H,1-4H3. The van der Waals surface area contributed by atoms with Gasteiger partial charge in [0.25, 0.3) is 0 Å². The summed E-state index contributed by atoms with van der Waals surface area (Å²) >= 11 is 11.5. The van der Waals surface area contributed by atoms with Gasteiger partial charge in [-0.25, -0.2) is 14.7 Å². The molecule has 5 nitrogen and oxygen atoms in total. The third-order valence-electron chi connectivity index (χ3n) is 1.90. The number of aromatic nitrogens is 1. The lowest BCUT2D eigenvalue weighted by atomic mass is 10.2. The Hall–Kier alpha value is -1.33. The zero-order valence-electron chi connectivity index (χ0n) is 11.0. The summed E-state index contributed by atoms with van der Waals surface area (Å²) in [6.07, 6.45) is -0.793. The van der Waals surface area contributed by atoms with Crippen LogP contribution in [0, 0.1) is 0 Å². The summed E-state index contributed by atoms with van der Waals surface area (Å²) in [4.78, 5) is 28.2. The number of rotatable bonds is 1. The second kappa shape index (κ2) is 5.75. The Balaban J connectivity index is 3.14. The molecule has 104 valence electrons. The zero-order valence-corrected chi connectivity index (χ0v) is 12.5. The molecule has 1 heterocycles. The van der Waals surface area contributed by atoms with E-state index in [0.717, 1.165) is 4.90 Å². The van der Waals surface area contributed by atoms with Crippen LogP contribution in [0.2, 0.25) is 10.3 Å². The normalized spacial score (nSPS) is 11.1. The van der Waals surface area contributed by atoms with Crippen LogP contribution in [-0.4, -0.2) is 22.6 Å². The molecule has 0 aliphatic heterocycles. The van der Waals surface area contributed by atoms with E-state index in [4.69, 9.17) is 27.9 Å². The Bertz CT molecular complexity index is 492. The van der Waals surface area contributed by atoms with Gasteiger partial charge in [-0.2, -0.15) is 0 Å². The van der Waals surface area contributed by atoms with Gasteiger partial charge in [-0.15, -0.1) is 0 Å². The average Bonchev–Trinajstić information content (AvgIpc) is 2.11. The number of hydrogen-bond acceptors (Lipinski definition) is 4. The van der Waals surface area contributed by atoms with Crippen LogP contribution in [0.3, 0.4) is 0 Å². The summed E-state index contributed by atoms with van der Waals surface area (Å²) in [5.41, 5.74) is -0.502. The smallest absolute Gasteiger partial charge is 0.421 e. The Morgan fingerprint density at radius 3 is 2.05 bits per heavy atom. The van der Waals surface area contributed by atoms with Crippen LogP contribution in [0.25, 0.3) is 0 Å². The van der Waals surface area contributed by atoms with Crippen LogP contribution in [0.1, 0.15) is 27.7 Å². The number of pyridine rings is 1. The Kier molecular flexibility index (Phi) is 4.76. The first kappa shape index (κ1) is 15.7. The number of carbonyl (C=O) groups is 2. The lowest BCUT2D eigenvalue weighted by Crippen LogP contribution is -2.39. The van der Waals surface area contributed by atoms with Crippen molar-refractivity contribution in [2.24, 2.45) is 0 Å². The van der Waals surface area contributed by atoms with Crippen molar-refractivity contribution in [3.63, 3.8) is 0 Å². The average molecular weight is 305 g/mol. The van der Waals surface area contributed by atoms with Crippen molar-refractivity contribution < 1.29 is 14.3 Å². The minimum absolute atomic E-state index is 0.0808. The predicted molar refractivity (Wildman–Crippen MR) is 73.7 cm³/mol. The van der Waals surface area contributed by atoms with Gasteiger partial charge in [0.2, 0.25) is 5.91 Å². The highest BCUT2D eigenvalue weighted by molar-refractivity contribution is 6.33. The summed E-state index contributed by atoms with van der Waals surface area (Å²) in [6, 6.07) is 2.72. The molecule has 0 fully saturated rings. The fourth-order valence-electron chi connectivity index (χ4n) is 1.30. The van der Waals surface area contributed by atoms with Crippen molar-refractivity contribution in [3.05, 3.63) is 22.4 Å². The third-order valence-corrected chi connectivity index (χ3v) is 2.28. The van der Waals surface area contributed by atoms with Gasteiger partial charge in [-0.3, -0.25) is 4.79 Å². The quantitative estimate of drug-likeness (QED) is 0.743. The summed E-state index contributed by atoms with van der Waals surface area (Å²) in [6.45, 7) is 6.35. The maximum Gasteiger partial charge on any atom is 0.421 e. The number of anilines is 1. The fraction of sp³-hybridized carbons (Fsp3) is 0.417. The molecule has 19 heavy (non-hydrogen) atoms. The van der Waals surface area contributed by atoms with Gasteiger partial charge in [0.1, 0.15) is 15.9 Å². The molecule has 0 aliphatic carbocycles. The van der Waals surface area contributed by atoms with E-state index >= 15 is 0 Å². The molecule has 0 saturated carbocycles. The van der Waals surface area contributed by atoms with Gasteiger partial charge in [0.15, 0.2) is 0 Å². The molecule has 0 saturated heterocycles. The number of ether oxygens (including phenoxy) is 1. The summed E-state index contributed by atoms with van der Waals surface area (Å²) in [5.74, 6) is -0.507. The summed E-state index contributed by atoms with van der Waals surface area (Å²) in [7, 11) is 0.